The van der Waals surface area contributed by atoms with E-state index in [9.17, 15) is 17.6 Å². The number of urea groups is 1. The van der Waals surface area contributed by atoms with Crippen molar-refractivity contribution in [2.75, 3.05) is 12.8 Å². The first-order valence-corrected chi connectivity index (χ1v) is 7.28. The van der Waals surface area contributed by atoms with E-state index < -0.39 is 26.8 Å². The Labute approximate surface area is 115 Å². The van der Waals surface area contributed by atoms with Crippen LogP contribution in [0, 0.1) is 5.82 Å². The maximum atomic E-state index is 13.6. The summed E-state index contributed by atoms with van der Waals surface area (Å²) in [5.74, 6) is -1.16. The lowest BCUT2D eigenvalue weighted by molar-refractivity contribution is 0.245. The van der Waals surface area contributed by atoms with Gasteiger partial charge in [-0.3, -0.25) is 0 Å². The van der Waals surface area contributed by atoms with Crippen molar-refractivity contribution in [3.05, 3.63) is 17.9 Å². The number of carbonyl (C=O) groups excluding carboxylic acids is 1. The molecule has 20 heavy (non-hydrogen) atoms. The number of carbonyl (C=O) groups is 1. The largest absolute Gasteiger partial charge is 0.492 e. The van der Waals surface area contributed by atoms with Crippen molar-refractivity contribution in [2.24, 2.45) is 0 Å². The van der Waals surface area contributed by atoms with Gasteiger partial charge in [0.2, 0.25) is 0 Å². The highest BCUT2D eigenvalue weighted by Gasteiger charge is 2.26. The van der Waals surface area contributed by atoms with Crippen molar-refractivity contribution in [3.8, 4) is 5.75 Å². The van der Waals surface area contributed by atoms with E-state index in [1.165, 1.54) is 7.11 Å². The van der Waals surface area contributed by atoms with Gasteiger partial charge in [-0.15, -0.1) is 0 Å². The average Bonchev–Trinajstić information content (AvgIpc) is 3.11. The third kappa shape index (κ3) is 3.10. The van der Waals surface area contributed by atoms with Crippen LogP contribution >= 0.6 is 0 Å². The molecule has 0 aromatic heterocycles. The molecule has 4 N–H and O–H groups in total. The van der Waals surface area contributed by atoms with Crippen LogP contribution in [-0.2, 0) is 10.0 Å². The van der Waals surface area contributed by atoms with Gasteiger partial charge in [-0.1, -0.05) is 0 Å². The number of nitrogens with two attached hydrogens (primary N) is 1. The maximum absolute atomic E-state index is 13.6. The zero-order valence-corrected chi connectivity index (χ0v) is 11.5. The number of anilines is 1. The molecule has 0 radical (unpaired) electrons. The third-order valence-electron chi connectivity index (χ3n) is 2.70. The van der Waals surface area contributed by atoms with E-state index in [1.807, 2.05) is 0 Å². The second-order valence-electron chi connectivity index (χ2n) is 4.38. The lowest BCUT2D eigenvalue weighted by Gasteiger charge is -2.11. The van der Waals surface area contributed by atoms with Gasteiger partial charge in [0.15, 0.2) is 11.6 Å². The summed E-state index contributed by atoms with van der Waals surface area (Å²) in [7, 11) is -2.97. The van der Waals surface area contributed by atoms with Crippen molar-refractivity contribution >= 4 is 21.7 Å². The molecule has 9 heteroatoms. The molecule has 110 valence electrons. The van der Waals surface area contributed by atoms with Gasteiger partial charge >= 0.3 is 6.03 Å². The van der Waals surface area contributed by atoms with Crippen LogP contribution in [-0.4, -0.2) is 27.6 Å². The Morgan fingerprint density at radius 1 is 1.45 bits per heavy atom. The quantitative estimate of drug-likeness (QED) is 0.704. The van der Waals surface area contributed by atoms with Gasteiger partial charge in [-0.25, -0.2) is 22.3 Å². The topological polar surface area (TPSA) is 111 Å². The van der Waals surface area contributed by atoms with Crippen LogP contribution in [0.3, 0.4) is 0 Å². The number of hydrogen-bond acceptors (Lipinski definition) is 5. The number of benzene rings is 1. The zero-order valence-electron chi connectivity index (χ0n) is 10.6. The Bertz CT molecular complexity index is 620. The smallest absolute Gasteiger partial charge is 0.328 e. The molecule has 1 aliphatic rings. The Hall–Kier alpha value is -2.03. The van der Waals surface area contributed by atoms with E-state index in [-0.39, 0.29) is 17.5 Å². The second kappa shape index (κ2) is 5.16. The molecule has 1 fully saturated rings. The first kappa shape index (κ1) is 14.4. The molecule has 1 aromatic carbocycles. The minimum Gasteiger partial charge on any atom is -0.492 e. The lowest BCUT2D eigenvalue weighted by Crippen LogP contribution is -2.40. The first-order chi connectivity index (χ1) is 9.33. The number of sulfonamides is 1. The van der Waals surface area contributed by atoms with Crippen LogP contribution in [0.2, 0.25) is 0 Å². The minimum absolute atomic E-state index is 0.00266. The molecule has 2 rings (SSSR count). The summed E-state index contributed by atoms with van der Waals surface area (Å²) in [5, 5.41) is 2.45. The van der Waals surface area contributed by atoms with Crippen LogP contribution < -0.4 is 20.5 Å². The van der Waals surface area contributed by atoms with Gasteiger partial charge in [0, 0.05) is 6.04 Å². The fourth-order valence-electron chi connectivity index (χ4n) is 1.58. The summed E-state index contributed by atoms with van der Waals surface area (Å²) in [5.41, 5.74) is 5.32. The van der Waals surface area contributed by atoms with E-state index in [4.69, 9.17) is 10.5 Å². The number of rotatable bonds is 4. The Morgan fingerprint density at radius 3 is 2.60 bits per heavy atom. The SMILES string of the molecule is COc1c(N)cc(S(=O)(=O)NC(=O)NC2CC2)cc1F. The highest BCUT2D eigenvalue weighted by Crippen LogP contribution is 2.28. The van der Waals surface area contributed by atoms with E-state index in [2.05, 4.69) is 5.32 Å². The van der Waals surface area contributed by atoms with Crippen molar-refractivity contribution in [3.63, 3.8) is 0 Å². The van der Waals surface area contributed by atoms with Gasteiger partial charge < -0.3 is 15.8 Å². The number of methoxy groups -OCH3 is 1. The molecule has 2 amide bonds. The van der Waals surface area contributed by atoms with Crippen LogP contribution in [0.1, 0.15) is 12.8 Å². The predicted octanol–water partition coefficient (Wildman–Crippen LogP) is 0.567. The highest BCUT2D eigenvalue weighted by molar-refractivity contribution is 7.90. The summed E-state index contributed by atoms with van der Waals surface area (Å²) in [4.78, 5) is 11.0. The van der Waals surface area contributed by atoms with Crippen LogP contribution in [0.4, 0.5) is 14.9 Å². The summed E-state index contributed by atoms with van der Waals surface area (Å²) in [6, 6.07) is 0.918. The van der Waals surface area contributed by atoms with Crippen molar-refractivity contribution in [2.45, 2.75) is 23.8 Å². The number of nitrogens with one attached hydrogen (secondary N) is 2. The first-order valence-electron chi connectivity index (χ1n) is 5.80. The molecule has 0 atom stereocenters. The molecular weight excluding hydrogens is 289 g/mol. The molecule has 0 spiro atoms. The molecule has 0 heterocycles. The number of hydrogen-bond donors (Lipinski definition) is 3. The molecule has 7 nitrogen and oxygen atoms in total. The van der Waals surface area contributed by atoms with Crippen LogP contribution in [0.5, 0.6) is 5.75 Å². The summed E-state index contributed by atoms with van der Waals surface area (Å²) < 4.78 is 43.9. The van der Waals surface area contributed by atoms with Crippen LogP contribution in [0.25, 0.3) is 0 Å². The van der Waals surface area contributed by atoms with Crippen molar-refractivity contribution < 1.29 is 22.3 Å². The average molecular weight is 303 g/mol. The van der Waals surface area contributed by atoms with E-state index in [0.717, 1.165) is 25.0 Å². The zero-order chi connectivity index (χ0) is 14.9. The van der Waals surface area contributed by atoms with E-state index in [1.54, 1.807) is 4.72 Å². The molecule has 0 bridgehead atoms. The monoisotopic (exact) mass is 303 g/mol. The summed E-state index contributed by atoms with van der Waals surface area (Å²) in [6.45, 7) is 0. The summed E-state index contributed by atoms with van der Waals surface area (Å²) >= 11 is 0. The second-order valence-corrected chi connectivity index (χ2v) is 6.06. The summed E-state index contributed by atoms with van der Waals surface area (Å²) in [6.07, 6.45) is 1.63. The van der Waals surface area contributed by atoms with Crippen molar-refractivity contribution in [1.82, 2.24) is 10.0 Å². The number of nitrogen functional groups attached to an aromatic ring is 1. The molecule has 0 unspecified atom stereocenters. The lowest BCUT2D eigenvalue weighted by atomic mass is 10.3. The molecule has 0 saturated heterocycles. The van der Waals surface area contributed by atoms with Gasteiger partial charge in [0.05, 0.1) is 17.7 Å². The van der Waals surface area contributed by atoms with Gasteiger partial charge in [-0.05, 0) is 25.0 Å². The normalized spacial score (nSPS) is 14.7. The molecule has 0 aliphatic heterocycles. The highest BCUT2D eigenvalue weighted by atomic mass is 32.2. The van der Waals surface area contributed by atoms with E-state index >= 15 is 0 Å². The Morgan fingerprint density at radius 2 is 2.10 bits per heavy atom. The minimum atomic E-state index is -4.18. The molecule has 1 aromatic rings. The number of halogens is 1. The van der Waals surface area contributed by atoms with Crippen LogP contribution in [0.15, 0.2) is 17.0 Å². The maximum Gasteiger partial charge on any atom is 0.328 e. The molecule has 1 aliphatic carbocycles. The Balaban J connectivity index is 2.22. The van der Waals surface area contributed by atoms with E-state index in [0.29, 0.717) is 0 Å². The number of ether oxygens (including phenoxy) is 1. The molecular formula is C11H14FN3O4S. The Kier molecular flexibility index (Phi) is 3.71. The van der Waals surface area contributed by atoms with Gasteiger partial charge in [-0.2, -0.15) is 0 Å². The standard InChI is InChI=1S/C11H14FN3O4S/c1-19-10-8(12)4-7(5-9(10)13)20(17,18)15-11(16)14-6-2-3-6/h4-6H,2-3,13H2,1H3,(H2,14,15,16). The molecule has 1 saturated carbocycles. The van der Waals surface area contributed by atoms with Crippen molar-refractivity contribution in [1.29, 1.82) is 0 Å². The fourth-order valence-corrected chi connectivity index (χ4v) is 2.54. The van der Waals surface area contributed by atoms with Gasteiger partial charge in [0.1, 0.15) is 0 Å². The third-order valence-corrected chi connectivity index (χ3v) is 4.01. The number of amides is 2. The fraction of sp³-hybridized carbons (Fsp3) is 0.364. The predicted molar refractivity (Wildman–Crippen MR) is 69.2 cm³/mol. The van der Waals surface area contributed by atoms with Gasteiger partial charge in [0.25, 0.3) is 10.0 Å².